The summed E-state index contributed by atoms with van der Waals surface area (Å²) >= 11 is 0. The molecule has 176 valence electrons. The maximum absolute atomic E-state index is 11.8. The molecule has 1 atom stereocenters. The topological polar surface area (TPSA) is 95.9 Å². The molecule has 0 aliphatic heterocycles. The molecule has 0 aliphatic carbocycles. The quantitative estimate of drug-likeness (QED) is 0.269. The molecule has 0 aliphatic rings. The van der Waals surface area contributed by atoms with Gasteiger partial charge in [-0.1, -0.05) is 24.3 Å². The Morgan fingerprint density at radius 2 is 1.44 bits per heavy atom. The molecule has 0 bridgehead atoms. The highest BCUT2D eigenvalue weighted by atomic mass is 16.6. The van der Waals surface area contributed by atoms with Gasteiger partial charge in [0.05, 0.1) is 40.1 Å². The molecule has 1 heterocycles. The average Bonchev–Trinajstić information content (AvgIpc) is 3.25. The molecule has 1 unspecified atom stereocenters. The molecule has 8 heteroatoms. The van der Waals surface area contributed by atoms with Gasteiger partial charge in [0.2, 0.25) is 6.54 Å². The predicted molar refractivity (Wildman–Crippen MR) is 130 cm³/mol. The van der Waals surface area contributed by atoms with Crippen LogP contribution in [0.5, 0.6) is 23.0 Å². The van der Waals surface area contributed by atoms with Crippen molar-refractivity contribution in [3.05, 3.63) is 81.9 Å². The van der Waals surface area contributed by atoms with E-state index in [4.69, 9.17) is 18.9 Å². The van der Waals surface area contributed by atoms with E-state index in [9.17, 15) is 10.1 Å². The molecular formula is C26H26N2O6. The highest BCUT2D eigenvalue weighted by molar-refractivity contribution is 5.92. The largest absolute Gasteiger partial charge is 0.493 e. The van der Waals surface area contributed by atoms with Crippen molar-refractivity contribution >= 4 is 10.9 Å². The molecule has 0 saturated carbocycles. The number of methoxy groups -OCH3 is 4. The van der Waals surface area contributed by atoms with E-state index >= 15 is 0 Å². The molecule has 3 aromatic carbocycles. The van der Waals surface area contributed by atoms with Crippen LogP contribution in [-0.4, -0.2) is 44.9 Å². The molecule has 34 heavy (non-hydrogen) atoms. The second-order valence-electron chi connectivity index (χ2n) is 7.71. The number of rotatable bonds is 9. The molecule has 1 N–H and O–H groups in total. The van der Waals surface area contributed by atoms with E-state index in [-0.39, 0.29) is 11.5 Å². The summed E-state index contributed by atoms with van der Waals surface area (Å²) in [5.74, 6) is 1.70. The second kappa shape index (κ2) is 9.74. The fourth-order valence-electron chi connectivity index (χ4n) is 4.33. The zero-order chi connectivity index (χ0) is 24.2. The van der Waals surface area contributed by atoms with Gasteiger partial charge in [0.1, 0.15) is 0 Å². The summed E-state index contributed by atoms with van der Waals surface area (Å²) in [6, 6.07) is 18.8. The number of hydrogen-bond acceptors (Lipinski definition) is 6. The first-order chi connectivity index (χ1) is 16.5. The Hall–Kier alpha value is -4.20. The van der Waals surface area contributed by atoms with Gasteiger partial charge in [0.15, 0.2) is 23.0 Å². The molecule has 0 fully saturated rings. The summed E-state index contributed by atoms with van der Waals surface area (Å²) in [5, 5.41) is 12.7. The molecule has 0 spiro atoms. The number of nitro groups is 1. The molecule has 0 saturated heterocycles. The molecular weight excluding hydrogens is 436 g/mol. The monoisotopic (exact) mass is 462 g/mol. The van der Waals surface area contributed by atoms with E-state index in [0.717, 1.165) is 33.3 Å². The SMILES string of the molecule is COc1ccc(-c2[nH]c3ccccc3c2C(C[N+](=O)[O-])c2ccc(OC)c(OC)c2)cc1OC. The first-order valence-electron chi connectivity index (χ1n) is 10.7. The average molecular weight is 463 g/mol. The lowest BCUT2D eigenvalue weighted by molar-refractivity contribution is -0.481. The molecule has 0 radical (unpaired) electrons. The van der Waals surface area contributed by atoms with Crippen molar-refractivity contribution in [1.29, 1.82) is 0 Å². The van der Waals surface area contributed by atoms with Crippen LogP contribution in [0.1, 0.15) is 17.0 Å². The summed E-state index contributed by atoms with van der Waals surface area (Å²) in [4.78, 5) is 15.0. The van der Waals surface area contributed by atoms with Gasteiger partial charge < -0.3 is 23.9 Å². The smallest absolute Gasteiger partial charge is 0.214 e. The third-order valence-electron chi connectivity index (χ3n) is 5.91. The first kappa shape index (κ1) is 23.0. The van der Waals surface area contributed by atoms with Crippen LogP contribution in [0.15, 0.2) is 60.7 Å². The van der Waals surface area contributed by atoms with Gasteiger partial charge in [0, 0.05) is 21.4 Å². The summed E-state index contributed by atoms with van der Waals surface area (Å²) < 4.78 is 21.7. The fraction of sp³-hybridized carbons (Fsp3) is 0.231. The van der Waals surface area contributed by atoms with Crippen LogP contribution in [0.2, 0.25) is 0 Å². The maximum atomic E-state index is 11.8. The molecule has 0 amide bonds. The predicted octanol–water partition coefficient (Wildman–Crippen LogP) is 5.28. The van der Waals surface area contributed by atoms with Crippen molar-refractivity contribution in [3.8, 4) is 34.3 Å². The zero-order valence-corrected chi connectivity index (χ0v) is 19.5. The number of fused-ring (bicyclic) bond motifs is 1. The van der Waals surface area contributed by atoms with Crippen molar-refractivity contribution in [2.75, 3.05) is 35.0 Å². The minimum absolute atomic E-state index is 0.290. The van der Waals surface area contributed by atoms with Gasteiger partial charge in [-0.2, -0.15) is 0 Å². The minimum Gasteiger partial charge on any atom is -0.493 e. The number of aromatic amines is 1. The molecule has 4 rings (SSSR count). The van der Waals surface area contributed by atoms with Gasteiger partial charge in [-0.3, -0.25) is 10.1 Å². The highest BCUT2D eigenvalue weighted by Gasteiger charge is 2.28. The Bertz CT molecular complexity index is 1330. The van der Waals surface area contributed by atoms with Gasteiger partial charge in [-0.15, -0.1) is 0 Å². The number of nitrogens with one attached hydrogen (secondary N) is 1. The van der Waals surface area contributed by atoms with Crippen LogP contribution in [0, 0.1) is 10.1 Å². The Labute approximate surface area is 197 Å². The minimum atomic E-state index is -0.547. The maximum Gasteiger partial charge on any atom is 0.214 e. The summed E-state index contributed by atoms with van der Waals surface area (Å²) in [6.45, 7) is -0.294. The van der Waals surface area contributed by atoms with Crippen molar-refractivity contribution in [1.82, 2.24) is 4.98 Å². The van der Waals surface area contributed by atoms with Crippen LogP contribution in [0.3, 0.4) is 0 Å². The molecule has 4 aromatic rings. The number of nitrogens with zero attached hydrogens (tertiary/aromatic N) is 1. The highest BCUT2D eigenvalue weighted by Crippen LogP contribution is 2.42. The van der Waals surface area contributed by atoms with E-state index in [0.29, 0.717) is 23.0 Å². The van der Waals surface area contributed by atoms with E-state index in [2.05, 4.69) is 4.98 Å². The normalized spacial score (nSPS) is 11.8. The summed E-state index contributed by atoms with van der Waals surface area (Å²) in [5.41, 5.74) is 4.07. The van der Waals surface area contributed by atoms with Crippen LogP contribution < -0.4 is 18.9 Å². The van der Waals surface area contributed by atoms with Crippen molar-refractivity contribution in [2.24, 2.45) is 0 Å². The summed E-state index contributed by atoms with van der Waals surface area (Å²) in [6.07, 6.45) is 0. The number of aromatic nitrogens is 1. The van der Waals surface area contributed by atoms with Crippen LogP contribution in [-0.2, 0) is 0 Å². The van der Waals surface area contributed by atoms with Crippen molar-refractivity contribution in [3.63, 3.8) is 0 Å². The first-order valence-corrected chi connectivity index (χ1v) is 10.7. The van der Waals surface area contributed by atoms with Gasteiger partial charge >= 0.3 is 0 Å². The van der Waals surface area contributed by atoms with Crippen molar-refractivity contribution in [2.45, 2.75) is 5.92 Å². The van der Waals surface area contributed by atoms with Gasteiger partial charge in [0.25, 0.3) is 0 Å². The van der Waals surface area contributed by atoms with Crippen LogP contribution in [0.4, 0.5) is 0 Å². The van der Waals surface area contributed by atoms with Gasteiger partial charge in [-0.25, -0.2) is 0 Å². The third-order valence-corrected chi connectivity index (χ3v) is 5.91. The summed E-state index contributed by atoms with van der Waals surface area (Å²) in [7, 11) is 6.26. The van der Waals surface area contributed by atoms with Crippen LogP contribution in [0.25, 0.3) is 22.2 Å². The number of ether oxygens (including phenoxy) is 4. The standard InChI is InChI=1S/C26H26N2O6/c1-31-21-11-9-16(13-23(21)33-3)19(15-28(29)30)25-18-7-5-6-8-20(18)27-26(25)17-10-12-22(32-2)24(14-17)34-4/h5-14,19,27H,15H2,1-4H3. The number of para-hydroxylation sites is 1. The Kier molecular flexibility index (Phi) is 6.58. The van der Waals surface area contributed by atoms with Crippen molar-refractivity contribution < 1.29 is 23.9 Å². The Balaban J connectivity index is 1.98. The van der Waals surface area contributed by atoms with E-state index in [1.807, 2.05) is 48.5 Å². The fourth-order valence-corrected chi connectivity index (χ4v) is 4.33. The second-order valence-corrected chi connectivity index (χ2v) is 7.71. The number of H-pyrrole nitrogens is 1. The number of hydrogen-bond donors (Lipinski definition) is 1. The van der Waals surface area contributed by atoms with E-state index in [1.54, 1.807) is 40.6 Å². The molecule has 8 nitrogen and oxygen atoms in total. The van der Waals surface area contributed by atoms with E-state index < -0.39 is 5.92 Å². The third kappa shape index (κ3) is 4.22. The lowest BCUT2D eigenvalue weighted by Crippen LogP contribution is -2.15. The van der Waals surface area contributed by atoms with E-state index in [1.165, 1.54) is 0 Å². The van der Waals surface area contributed by atoms with Gasteiger partial charge in [-0.05, 0) is 47.5 Å². The Morgan fingerprint density at radius 3 is 2.09 bits per heavy atom. The van der Waals surface area contributed by atoms with Crippen LogP contribution >= 0.6 is 0 Å². The Morgan fingerprint density at radius 1 is 0.824 bits per heavy atom. The molecule has 1 aromatic heterocycles. The number of benzene rings is 3. The lowest BCUT2D eigenvalue weighted by atomic mass is 9.87. The zero-order valence-electron chi connectivity index (χ0n) is 19.5. The lowest BCUT2D eigenvalue weighted by Gasteiger charge is -2.18.